The first-order chi connectivity index (χ1) is 8.58. The maximum absolute atomic E-state index is 6.02. The minimum absolute atomic E-state index is 0.431. The number of rotatable bonds is 3. The average Bonchev–Trinajstić information content (AvgIpc) is 2.33. The van der Waals surface area contributed by atoms with Gasteiger partial charge in [0.1, 0.15) is 11.6 Å². The van der Waals surface area contributed by atoms with Crippen LogP contribution in [0.1, 0.15) is 0 Å². The molecule has 18 heavy (non-hydrogen) atoms. The fourth-order valence-electron chi connectivity index (χ4n) is 1.32. The fourth-order valence-corrected chi connectivity index (χ4v) is 2.13. The molecule has 1 aromatic carbocycles. The Morgan fingerprint density at radius 3 is 2.78 bits per heavy atom. The van der Waals surface area contributed by atoms with Gasteiger partial charge in [0, 0.05) is 16.2 Å². The molecule has 0 unspecified atom stereocenters. The molecular formula is C11H10BrClN4S. The molecule has 0 saturated heterocycles. The van der Waals surface area contributed by atoms with Crippen LogP contribution in [0.2, 0.25) is 5.02 Å². The summed E-state index contributed by atoms with van der Waals surface area (Å²) in [6.45, 7) is 0. The van der Waals surface area contributed by atoms with Crippen molar-refractivity contribution in [2.75, 3.05) is 17.3 Å². The molecule has 1 heterocycles. The van der Waals surface area contributed by atoms with Gasteiger partial charge in [0.2, 0.25) is 0 Å². The number of nitrogen functional groups attached to an aromatic ring is 1. The zero-order chi connectivity index (χ0) is 13.1. The summed E-state index contributed by atoms with van der Waals surface area (Å²) in [5.74, 6) is 1.07. The second kappa shape index (κ2) is 5.77. The predicted molar refractivity (Wildman–Crippen MR) is 80.7 cm³/mol. The van der Waals surface area contributed by atoms with Gasteiger partial charge in [-0.05, 0) is 40.4 Å². The largest absolute Gasteiger partial charge is 0.383 e. The Balaban J connectivity index is 2.27. The molecule has 4 nitrogen and oxygen atoms in total. The Kier molecular flexibility index (Phi) is 4.31. The van der Waals surface area contributed by atoms with Crippen LogP contribution in [-0.2, 0) is 0 Å². The lowest BCUT2D eigenvalue weighted by molar-refractivity contribution is 0.984. The molecule has 7 heteroatoms. The third-order valence-corrected chi connectivity index (χ3v) is 3.88. The average molecular weight is 346 g/mol. The first kappa shape index (κ1) is 13.5. The second-order valence-corrected chi connectivity index (χ2v) is 5.45. The molecule has 0 aliphatic rings. The highest BCUT2D eigenvalue weighted by Gasteiger charge is 2.04. The van der Waals surface area contributed by atoms with E-state index >= 15 is 0 Å². The Morgan fingerprint density at radius 2 is 2.11 bits per heavy atom. The summed E-state index contributed by atoms with van der Waals surface area (Å²) in [6, 6.07) is 7.25. The van der Waals surface area contributed by atoms with E-state index < -0.39 is 0 Å². The number of nitrogens with zero attached hydrogens (tertiary/aromatic N) is 2. The van der Waals surface area contributed by atoms with Gasteiger partial charge in [0.15, 0.2) is 5.16 Å². The van der Waals surface area contributed by atoms with Crippen LogP contribution in [0, 0.1) is 0 Å². The van der Waals surface area contributed by atoms with Crippen LogP contribution in [0.25, 0.3) is 0 Å². The Morgan fingerprint density at radius 1 is 1.33 bits per heavy atom. The van der Waals surface area contributed by atoms with Crippen molar-refractivity contribution >= 4 is 56.6 Å². The molecule has 2 rings (SSSR count). The summed E-state index contributed by atoms with van der Waals surface area (Å²) in [6.07, 6.45) is 1.90. The van der Waals surface area contributed by atoms with Crippen LogP contribution in [0.5, 0.6) is 0 Å². The first-order valence-electron chi connectivity index (χ1n) is 4.99. The maximum atomic E-state index is 6.02. The molecule has 0 radical (unpaired) electrons. The molecule has 0 aliphatic heterocycles. The summed E-state index contributed by atoms with van der Waals surface area (Å²) in [5, 5.41) is 4.40. The predicted octanol–water partition coefficient (Wildman–Crippen LogP) is 3.94. The Labute approximate surface area is 122 Å². The quantitative estimate of drug-likeness (QED) is 0.651. The molecule has 0 atom stereocenters. The van der Waals surface area contributed by atoms with Crippen molar-refractivity contribution in [1.29, 1.82) is 0 Å². The molecule has 0 amide bonds. The number of hydrogen-bond acceptors (Lipinski definition) is 5. The highest BCUT2D eigenvalue weighted by atomic mass is 79.9. The number of halogens is 2. The summed E-state index contributed by atoms with van der Waals surface area (Å²) in [5.41, 5.74) is 6.55. The molecule has 94 valence electrons. The maximum Gasteiger partial charge on any atom is 0.191 e. The zero-order valence-corrected chi connectivity index (χ0v) is 12.6. The van der Waals surface area contributed by atoms with Crippen molar-refractivity contribution in [3.8, 4) is 0 Å². The van der Waals surface area contributed by atoms with Gasteiger partial charge in [-0.15, -0.1) is 0 Å². The second-order valence-electron chi connectivity index (χ2n) is 3.42. The van der Waals surface area contributed by atoms with E-state index in [0.29, 0.717) is 21.8 Å². The zero-order valence-electron chi connectivity index (χ0n) is 9.45. The topological polar surface area (TPSA) is 63.8 Å². The third-order valence-electron chi connectivity index (χ3n) is 2.10. The number of aromatic nitrogens is 2. The van der Waals surface area contributed by atoms with Crippen molar-refractivity contribution in [3.63, 3.8) is 0 Å². The van der Waals surface area contributed by atoms with Crippen LogP contribution in [0.4, 0.5) is 17.3 Å². The molecule has 3 N–H and O–H groups in total. The van der Waals surface area contributed by atoms with Gasteiger partial charge < -0.3 is 11.1 Å². The minimum Gasteiger partial charge on any atom is -0.383 e. The van der Waals surface area contributed by atoms with Crippen LogP contribution in [0.15, 0.2) is 33.9 Å². The Hall–Kier alpha value is -0.980. The van der Waals surface area contributed by atoms with Gasteiger partial charge in [0.25, 0.3) is 0 Å². The van der Waals surface area contributed by atoms with Gasteiger partial charge in [-0.25, -0.2) is 9.97 Å². The molecule has 2 aromatic rings. The van der Waals surface area contributed by atoms with E-state index in [1.54, 1.807) is 6.07 Å². The van der Waals surface area contributed by atoms with Crippen molar-refractivity contribution in [2.24, 2.45) is 0 Å². The molecule has 0 fully saturated rings. The highest BCUT2D eigenvalue weighted by molar-refractivity contribution is 9.10. The van der Waals surface area contributed by atoms with Crippen molar-refractivity contribution < 1.29 is 0 Å². The number of anilines is 3. The van der Waals surface area contributed by atoms with Crippen LogP contribution in [0.3, 0.4) is 0 Å². The van der Waals surface area contributed by atoms with Crippen LogP contribution in [-0.4, -0.2) is 16.2 Å². The SMILES string of the molecule is CSc1nc(N)cc(Nc2ccc(Br)c(Cl)c2)n1. The fraction of sp³-hybridized carbons (Fsp3) is 0.0909. The molecular weight excluding hydrogens is 336 g/mol. The Bertz CT molecular complexity index is 579. The van der Waals surface area contributed by atoms with E-state index in [9.17, 15) is 0 Å². The van der Waals surface area contributed by atoms with Gasteiger partial charge in [-0.3, -0.25) is 0 Å². The number of hydrogen-bond donors (Lipinski definition) is 2. The van der Waals surface area contributed by atoms with Gasteiger partial charge in [-0.2, -0.15) is 0 Å². The molecule has 0 aliphatic carbocycles. The van der Waals surface area contributed by atoms with E-state index in [1.165, 1.54) is 11.8 Å². The molecule has 0 bridgehead atoms. The lowest BCUT2D eigenvalue weighted by Crippen LogP contribution is -2.00. The van der Waals surface area contributed by atoms with E-state index in [0.717, 1.165) is 10.2 Å². The normalized spacial score (nSPS) is 10.4. The lowest BCUT2D eigenvalue weighted by Gasteiger charge is -2.08. The molecule has 0 spiro atoms. The van der Waals surface area contributed by atoms with Gasteiger partial charge in [-0.1, -0.05) is 23.4 Å². The summed E-state index contributed by atoms with van der Waals surface area (Å²) in [7, 11) is 0. The van der Waals surface area contributed by atoms with Crippen molar-refractivity contribution in [3.05, 3.63) is 33.8 Å². The molecule has 0 saturated carbocycles. The van der Waals surface area contributed by atoms with Crippen LogP contribution >= 0.6 is 39.3 Å². The number of thioether (sulfide) groups is 1. The van der Waals surface area contributed by atoms with E-state index in [-0.39, 0.29) is 0 Å². The number of nitrogens with two attached hydrogens (primary N) is 1. The van der Waals surface area contributed by atoms with E-state index in [2.05, 4.69) is 31.2 Å². The minimum atomic E-state index is 0.431. The third kappa shape index (κ3) is 3.28. The summed E-state index contributed by atoms with van der Waals surface area (Å²) < 4.78 is 0.849. The smallest absolute Gasteiger partial charge is 0.191 e. The summed E-state index contributed by atoms with van der Waals surface area (Å²) in [4.78, 5) is 8.39. The standard InChI is InChI=1S/C11H10BrClN4S/c1-18-11-16-9(14)5-10(17-11)15-6-2-3-7(12)8(13)4-6/h2-5H,1H3,(H3,14,15,16,17). The number of benzene rings is 1. The highest BCUT2D eigenvalue weighted by Crippen LogP contribution is 2.27. The van der Waals surface area contributed by atoms with E-state index in [4.69, 9.17) is 17.3 Å². The number of nitrogens with one attached hydrogen (secondary N) is 1. The van der Waals surface area contributed by atoms with Gasteiger partial charge in [0.05, 0.1) is 5.02 Å². The van der Waals surface area contributed by atoms with E-state index in [1.807, 2.05) is 24.5 Å². The summed E-state index contributed by atoms with van der Waals surface area (Å²) >= 11 is 10.8. The van der Waals surface area contributed by atoms with Gasteiger partial charge >= 0.3 is 0 Å². The molecule has 1 aromatic heterocycles. The monoisotopic (exact) mass is 344 g/mol. The van der Waals surface area contributed by atoms with Crippen molar-refractivity contribution in [1.82, 2.24) is 9.97 Å². The lowest BCUT2D eigenvalue weighted by atomic mass is 10.3. The van der Waals surface area contributed by atoms with Crippen molar-refractivity contribution in [2.45, 2.75) is 5.16 Å². The van der Waals surface area contributed by atoms with Crippen LogP contribution < -0.4 is 11.1 Å². The first-order valence-corrected chi connectivity index (χ1v) is 7.38.